The van der Waals surface area contributed by atoms with Gasteiger partial charge in [0.2, 0.25) is 5.95 Å². The molecular weight excluding hydrogens is 340 g/mol. The molecule has 1 fully saturated rings. The van der Waals surface area contributed by atoms with E-state index in [2.05, 4.69) is 43.8 Å². The van der Waals surface area contributed by atoms with E-state index in [9.17, 15) is 0 Å². The standard InChI is InChI=1S/C19H22N8/c1-4-26-12(2)21-16-6-5-15(23-18(16)26)14-7-8-27-17(14)9-20-19(24-27)22-13-10-25(3)11-13/h5-9,13H,4,10-11H2,1-3H3,(H,22,24). The summed E-state index contributed by atoms with van der Waals surface area (Å²) in [5, 5.41) is 7.98. The molecule has 0 radical (unpaired) electrons. The van der Waals surface area contributed by atoms with Crippen LogP contribution in [0.15, 0.2) is 30.6 Å². The van der Waals surface area contributed by atoms with Gasteiger partial charge in [0.15, 0.2) is 5.65 Å². The summed E-state index contributed by atoms with van der Waals surface area (Å²) in [6.07, 6.45) is 3.82. The molecule has 1 saturated heterocycles. The summed E-state index contributed by atoms with van der Waals surface area (Å²) in [6, 6.07) is 6.51. The van der Waals surface area contributed by atoms with Gasteiger partial charge in [-0.15, -0.1) is 5.10 Å². The van der Waals surface area contributed by atoms with Gasteiger partial charge in [-0.1, -0.05) is 0 Å². The number of fused-ring (bicyclic) bond motifs is 2. The number of nitrogens with zero attached hydrogens (tertiary/aromatic N) is 7. The lowest BCUT2D eigenvalue weighted by molar-refractivity contribution is 0.204. The van der Waals surface area contributed by atoms with Crippen molar-refractivity contribution < 1.29 is 0 Å². The number of hydrogen-bond donors (Lipinski definition) is 1. The van der Waals surface area contributed by atoms with Gasteiger partial charge in [-0.05, 0) is 39.1 Å². The van der Waals surface area contributed by atoms with Gasteiger partial charge in [0.25, 0.3) is 0 Å². The van der Waals surface area contributed by atoms with Gasteiger partial charge in [-0.3, -0.25) is 0 Å². The lowest BCUT2D eigenvalue weighted by Gasteiger charge is -2.36. The summed E-state index contributed by atoms with van der Waals surface area (Å²) in [5.74, 6) is 1.64. The Morgan fingerprint density at radius 2 is 2.04 bits per heavy atom. The average Bonchev–Trinajstić information content (AvgIpc) is 3.19. The Hall–Kier alpha value is -3.00. The van der Waals surface area contributed by atoms with Crippen molar-refractivity contribution in [3.63, 3.8) is 0 Å². The lowest BCUT2D eigenvalue weighted by atomic mass is 10.1. The number of pyridine rings is 1. The molecule has 27 heavy (non-hydrogen) atoms. The SMILES string of the molecule is CCn1c(C)nc2ccc(-c3ccn4nc(NC5CN(C)C5)ncc34)nc21. The Bertz CT molecular complexity index is 1140. The van der Waals surface area contributed by atoms with Crippen molar-refractivity contribution in [2.24, 2.45) is 0 Å². The molecule has 138 valence electrons. The van der Waals surface area contributed by atoms with Crippen molar-refractivity contribution in [1.82, 2.24) is 34.0 Å². The van der Waals surface area contributed by atoms with Crippen molar-refractivity contribution in [2.75, 3.05) is 25.5 Å². The zero-order valence-electron chi connectivity index (χ0n) is 15.7. The van der Waals surface area contributed by atoms with Gasteiger partial charge in [0, 0.05) is 31.4 Å². The molecule has 0 aliphatic carbocycles. The first-order chi connectivity index (χ1) is 13.1. The van der Waals surface area contributed by atoms with Crippen LogP contribution in [-0.4, -0.2) is 60.2 Å². The number of aryl methyl sites for hydroxylation is 2. The number of rotatable bonds is 4. The minimum absolute atomic E-state index is 0.420. The van der Waals surface area contributed by atoms with E-state index in [1.165, 1.54) is 0 Å². The number of nitrogens with one attached hydrogen (secondary N) is 1. The average molecular weight is 362 g/mol. The minimum atomic E-state index is 0.420. The highest BCUT2D eigenvalue weighted by molar-refractivity contribution is 5.82. The number of likely N-dealkylation sites (tertiary alicyclic amines) is 1. The molecular formula is C19H22N8. The third kappa shape index (κ3) is 2.64. The zero-order chi connectivity index (χ0) is 18.5. The Kier molecular flexibility index (Phi) is 3.61. The van der Waals surface area contributed by atoms with Gasteiger partial charge < -0.3 is 14.8 Å². The van der Waals surface area contributed by atoms with Crippen LogP contribution < -0.4 is 5.32 Å². The first kappa shape index (κ1) is 16.2. The van der Waals surface area contributed by atoms with Gasteiger partial charge in [0.05, 0.1) is 23.4 Å². The molecule has 4 aromatic heterocycles. The predicted octanol–water partition coefficient (Wildman–Crippen LogP) is 2.20. The van der Waals surface area contributed by atoms with E-state index in [1.807, 2.05) is 42.0 Å². The molecule has 8 nitrogen and oxygen atoms in total. The second-order valence-electron chi connectivity index (χ2n) is 7.15. The maximum atomic E-state index is 4.87. The summed E-state index contributed by atoms with van der Waals surface area (Å²) in [4.78, 5) is 16.2. The van der Waals surface area contributed by atoms with Crippen LogP contribution in [0.1, 0.15) is 12.7 Å². The second-order valence-corrected chi connectivity index (χ2v) is 7.15. The molecule has 8 heteroatoms. The van der Waals surface area contributed by atoms with Crippen LogP contribution in [-0.2, 0) is 6.54 Å². The highest BCUT2D eigenvalue weighted by Gasteiger charge is 2.23. The Morgan fingerprint density at radius 1 is 1.19 bits per heavy atom. The summed E-state index contributed by atoms with van der Waals surface area (Å²) in [5.41, 5.74) is 4.71. The number of imidazole rings is 1. The fourth-order valence-corrected chi connectivity index (χ4v) is 3.80. The summed E-state index contributed by atoms with van der Waals surface area (Å²) in [7, 11) is 2.11. The summed E-state index contributed by atoms with van der Waals surface area (Å²) < 4.78 is 3.99. The molecule has 5 rings (SSSR count). The molecule has 0 saturated carbocycles. The molecule has 0 bridgehead atoms. The molecule has 1 N–H and O–H groups in total. The van der Waals surface area contributed by atoms with Crippen molar-refractivity contribution in [3.8, 4) is 11.3 Å². The molecule has 0 unspecified atom stereocenters. The van der Waals surface area contributed by atoms with Gasteiger partial charge in [-0.2, -0.15) is 0 Å². The van der Waals surface area contributed by atoms with Gasteiger partial charge in [0.1, 0.15) is 11.3 Å². The van der Waals surface area contributed by atoms with E-state index in [-0.39, 0.29) is 0 Å². The Morgan fingerprint density at radius 3 is 2.81 bits per heavy atom. The maximum Gasteiger partial charge on any atom is 0.241 e. The largest absolute Gasteiger partial charge is 0.348 e. The molecule has 1 aliphatic heterocycles. The second kappa shape index (κ2) is 6.02. The van der Waals surface area contributed by atoms with E-state index < -0.39 is 0 Å². The molecule has 0 atom stereocenters. The van der Waals surface area contributed by atoms with Crippen LogP contribution in [0.2, 0.25) is 0 Å². The number of hydrogen-bond acceptors (Lipinski definition) is 6. The van der Waals surface area contributed by atoms with Crippen LogP contribution in [0, 0.1) is 6.92 Å². The van der Waals surface area contributed by atoms with Gasteiger partial charge in [-0.25, -0.2) is 19.5 Å². The summed E-state index contributed by atoms with van der Waals surface area (Å²) in [6.45, 7) is 7.02. The fraction of sp³-hybridized carbons (Fsp3) is 0.368. The summed E-state index contributed by atoms with van der Waals surface area (Å²) >= 11 is 0. The number of anilines is 1. The Labute approximate surface area is 156 Å². The quantitative estimate of drug-likeness (QED) is 0.600. The van der Waals surface area contributed by atoms with Crippen molar-refractivity contribution in [1.29, 1.82) is 0 Å². The van der Waals surface area contributed by atoms with Gasteiger partial charge >= 0.3 is 0 Å². The highest BCUT2D eigenvalue weighted by Crippen LogP contribution is 2.26. The van der Waals surface area contributed by atoms with E-state index >= 15 is 0 Å². The van der Waals surface area contributed by atoms with Crippen LogP contribution in [0.5, 0.6) is 0 Å². The fourth-order valence-electron chi connectivity index (χ4n) is 3.80. The molecule has 5 heterocycles. The third-order valence-electron chi connectivity index (χ3n) is 5.19. The van der Waals surface area contributed by atoms with Crippen LogP contribution in [0.4, 0.5) is 5.95 Å². The minimum Gasteiger partial charge on any atom is -0.348 e. The van der Waals surface area contributed by atoms with E-state index in [4.69, 9.17) is 4.98 Å². The topological polar surface area (TPSA) is 76.2 Å². The monoisotopic (exact) mass is 362 g/mol. The normalized spacial score (nSPS) is 15.5. The molecule has 0 spiro atoms. The smallest absolute Gasteiger partial charge is 0.241 e. The predicted molar refractivity (Wildman–Crippen MR) is 105 cm³/mol. The first-order valence-corrected chi connectivity index (χ1v) is 9.26. The molecule has 0 aromatic carbocycles. The first-order valence-electron chi connectivity index (χ1n) is 9.26. The van der Waals surface area contributed by atoms with Crippen molar-refractivity contribution in [3.05, 3.63) is 36.4 Å². The van der Waals surface area contributed by atoms with E-state index in [0.29, 0.717) is 12.0 Å². The van der Waals surface area contributed by atoms with Crippen molar-refractivity contribution in [2.45, 2.75) is 26.4 Å². The molecule has 0 amide bonds. The Balaban J connectivity index is 1.52. The maximum absolute atomic E-state index is 4.87. The lowest BCUT2D eigenvalue weighted by Crippen LogP contribution is -2.52. The van der Waals surface area contributed by atoms with E-state index in [0.717, 1.165) is 53.4 Å². The highest BCUT2D eigenvalue weighted by atomic mass is 15.3. The van der Waals surface area contributed by atoms with Crippen LogP contribution >= 0.6 is 0 Å². The van der Waals surface area contributed by atoms with Crippen LogP contribution in [0.3, 0.4) is 0 Å². The zero-order valence-corrected chi connectivity index (χ0v) is 15.7. The third-order valence-corrected chi connectivity index (χ3v) is 5.19. The van der Waals surface area contributed by atoms with E-state index in [1.54, 1.807) is 0 Å². The number of likely N-dealkylation sites (N-methyl/N-ethyl adjacent to an activating group) is 1. The number of aromatic nitrogens is 6. The molecule has 1 aliphatic rings. The van der Waals surface area contributed by atoms with Crippen molar-refractivity contribution >= 4 is 22.6 Å². The molecule has 4 aromatic rings. The van der Waals surface area contributed by atoms with Crippen LogP contribution in [0.25, 0.3) is 27.9 Å².